The van der Waals surface area contributed by atoms with Gasteiger partial charge in [0, 0.05) is 10.7 Å². The van der Waals surface area contributed by atoms with Crippen LogP contribution in [0.5, 0.6) is 5.88 Å². The highest BCUT2D eigenvalue weighted by molar-refractivity contribution is 9.10. The van der Waals surface area contributed by atoms with Crippen LogP contribution in [0.15, 0.2) is 44.5 Å². The Bertz CT molecular complexity index is 997. The Kier molecular flexibility index (Phi) is 3.76. The third-order valence-corrected chi connectivity index (χ3v) is 4.31. The summed E-state index contributed by atoms with van der Waals surface area (Å²) in [6.07, 6.45) is 1.54. The highest BCUT2D eigenvalue weighted by atomic mass is 79.9. The Morgan fingerprint density at radius 1 is 1.36 bits per heavy atom. The molecule has 0 aliphatic carbocycles. The summed E-state index contributed by atoms with van der Waals surface area (Å²) in [6.45, 7) is 0. The van der Waals surface area contributed by atoms with Crippen LogP contribution < -0.4 is 15.9 Å². The van der Waals surface area contributed by atoms with Crippen LogP contribution in [0.2, 0.25) is 5.02 Å². The van der Waals surface area contributed by atoms with Crippen LogP contribution >= 0.6 is 27.5 Å². The molecule has 3 aromatic rings. The number of hydrogen-bond acceptors (Lipinski definition) is 4. The summed E-state index contributed by atoms with van der Waals surface area (Å²) in [4.78, 5) is 30.8. The van der Waals surface area contributed by atoms with Crippen molar-refractivity contribution in [1.82, 2.24) is 14.5 Å². The van der Waals surface area contributed by atoms with E-state index in [4.69, 9.17) is 16.3 Å². The number of pyridine rings is 1. The normalized spacial score (nSPS) is 10.9. The van der Waals surface area contributed by atoms with Gasteiger partial charge in [-0.1, -0.05) is 11.6 Å². The molecular weight excluding hydrogens is 374 g/mol. The number of fused-ring (bicyclic) bond motifs is 1. The maximum atomic E-state index is 12.3. The maximum absolute atomic E-state index is 12.3. The lowest BCUT2D eigenvalue weighted by molar-refractivity contribution is 0.396. The minimum absolute atomic E-state index is 0.238. The van der Waals surface area contributed by atoms with E-state index in [1.54, 1.807) is 24.3 Å². The number of H-pyrrole nitrogens is 1. The van der Waals surface area contributed by atoms with E-state index in [1.807, 2.05) is 0 Å². The molecule has 0 aliphatic rings. The molecule has 2 aromatic heterocycles. The predicted octanol–water partition coefficient (Wildman–Crippen LogP) is 2.50. The number of nitrogens with zero attached hydrogens (tertiary/aromatic N) is 2. The lowest BCUT2D eigenvalue weighted by Gasteiger charge is -2.12. The summed E-state index contributed by atoms with van der Waals surface area (Å²) < 4.78 is 7.03. The number of rotatable bonds is 2. The smallest absolute Gasteiger partial charge is 0.321 e. The fourth-order valence-corrected chi connectivity index (χ4v) is 2.65. The topological polar surface area (TPSA) is 77.0 Å². The average molecular weight is 383 g/mol. The Balaban J connectivity index is 2.52. The molecule has 0 radical (unpaired) electrons. The molecule has 0 spiro atoms. The first kappa shape index (κ1) is 14.8. The summed E-state index contributed by atoms with van der Waals surface area (Å²) >= 11 is 9.36. The maximum Gasteiger partial charge on any atom is 0.321 e. The largest absolute Gasteiger partial charge is 0.480 e. The van der Waals surface area contributed by atoms with Gasteiger partial charge >= 0.3 is 11.1 Å². The quantitative estimate of drug-likeness (QED) is 0.691. The Morgan fingerprint density at radius 3 is 2.86 bits per heavy atom. The molecule has 22 heavy (non-hydrogen) atoms. The summed E-state index contributed by atoms with van der Waals surface area (Å²) in [5.41, 5.74) is -0.193. The molecule has 0 saturated heterocycles. The average Bonchev–Trinajstić information content (AvgIpc) is 2.51. The fourth-order valence-electron chi connectivity index (χ4n) is 2.16. The third kappa shape index (κ3) is 2.32. The highest BCUT2D eigenvalue weighted by Crippen LogP contribution is 2.28. The number of methoxy groups -OCH3 is 1. The van der Waals surface area contributed by atoms with E-state index in [2.05, 4.69) is 25.9 Å². The van der Waals surface area contributed by atoms with Crippen LogP contribution in [0.3, 0.4) is 0 Å². The molecule has 3 rings (SSSR count). The lowest BCUT2D eigenvalue weighted by Crippen LogP contribution is -2.35. The Hall–Kier alpha value is -2.12. The van der Waals surface area contributed by atoms with Crippen LogP contribution in [0.25, 0.3) is 16.7 Å². The van der Waals surface area contributed by atoms with Crippen molar-refractivity contribution in [3.8, 4) is 11.6 Å². The van der Waals surface area contributed by atoms with E-state index in [1.165, 1.54) is 17.9 Å². The highest BCUT2D eigenvalue weighted by Gasteiger charge is 2.15. The van der Waals surface area contributed by atoms with Gasteiger partial charge in [0.1, 0.15) is 5.69 Å². The minimum Gasteiger partial charge on any atom is -0.480 e. The zero-order valence-corrected chi connectivity index (χ0v) is 13.6. The first-order chi connectivity index (χ1) is 10.5. The van der Waals surface area contributed by atoms with Crippen molar-refractivity contribution in [3.05, 3.63) is 60.7 Å². The number of ether oxygens (including phenoxy) is 1. The third-order valence-electron chi connectivity index (χ3n) is 3.11. The van der Waals surface area contributed by atoms with E-state index in [-0.39, 0.29) is 5.88 Å². The van der Waals surface area contributed by atoms with Gasteiger partial charge in [-0.15, -0.1) is 0 Å². The van der Waals surface area contributed by atoms with Gasteiger partial charge in [0.15, 0.2) is 0 Å². The fraction of sp³-hybridized carbons (Fsp3) is 0.0714. The van der Waals surface area contributed by atoms with Crippen molar-refractivity contribution < 1.29 is 4.74 Å². The van der Waals surface area contributed by atoms with Crippen molar-refractivity contribution in [1.29, 1.82) is 0 Å². The second-order valence-corrected chi connectivity index (χ2v) is 5.67. The summed E-state index contributed by atoms with van der Waals surface area (Å²) in [5, 5.41) is 0.423. The standard InChI is InChI=1S/C14H9BrClN3O3/c1-22-13-10(3-2-4-17-13)19-11-5-7(15)8(16)6-9(11)18-12(20)14(19)21/h2-6H,1H3,(H,18,20). The molecule has 2 heterocycles. The molecule has 0 amide bonds. The molecule has 0 fully saturated rings. The Labute approximate surface area is 137 Å². The number of nitrogens with one attached hydrogen (secondary N) is 1. The zero-order chi connectivity index (χ0) is 15.9. The van der Waals surface area contributed by atoms with Gasteiger partial charge in [0.25, 0.3) is 0 Å². The van der Waals surface area contributed by atoms with Gasteiger partial charge < -0.3 is 9.72 Å². The Morgan fingerprint density at radius 2 is 2.14 bits per heavy atom. The van der Waals surface area contributed by atoms with E-state index < -0.39 is 11.1 Å². The lowest BCUT2D eigenvalue weighted by atomic mass is 10.2. The van der Waals surface area contributed by atoms with Crippen molar-refractivity contribution in [2.45, 2.75) is 0 Å². The number of aromatic nitrogens is 3. The molecular formula is C14H9BrClN3O3. The van der Waals surface area contributed by atoms with Crippen molar-refractivity contribution in [3.63, 3.8) is 0 Å². The number of hydrogen-bond donors (Lipinski definition) is 1. The first-order valence-electron chi connectivity index (χ1n) is 6.16. The zero-order valence-electron chi connectivity index (χ0n) is 11.3. The molecule has 1 N–H and O–H groups in total. The van der Waals surface area contributed by atoms with Gasteiger partial charge in [0.05, 0.1) is 23.2 Å². The molecule has 1 aromatic carbocycles. The van der Waals surface area contributed by atoms with Gasteiger partial charge in [-0.3, -0.25) is 14.2 Å². The van der Waals surface area contributed by atoms with Gasteiger partial charge in [0.2, 0.25) is 5.88 Å². The van der Waals surface area contributed by atoms with Crippen molar-refractivity contribution in [2.24, 2.45) is 0 Å². The van der Waals surface area contributed by atoms with Crippen molar-refractivity contribution in [2.75, 3.05) is 7.11 Å². The van der Waals surface area contributed by atoms with E-state index >= 15 is 0 Å². The SMILES string of the molecule is COc1ncccc1-n1c(=O)c(=O)[nH]c2cc(Cl)c(Br)cc21. The monoisotopic (exact) mass is 381 g/mol. The second-order valence-electron chi connectivity index (χ2n) is 4.41. The van der Waals surface area contributed by atoms with Gasteiger partial charge in [-0.25, -0.2) is 4.98 Å². The molecule has 112 valence electrons. The van der Waals surface area contributed by atoms with Crippen LogP contribution in [-0.4, -0.2) is 21.6 Å². The van der Waals surface area contributed by atoms with Crippen LogP contribution in [0.1, 0.15) is 0 Å². The first-order valence-corrected chi connectivity index (χ1v) is 7.33. The number of benzene rings is 1. The summed E-state index contributed by atoms with van der Waals surface area (Å²) in [5.74, 6) is 0.238. The summed E-state index contributed by atoms with van der Waals surface area (Å²) in [7, 11) is 1.44. The van der Waals surface area contributed by atoms with E-state index in [9.17, 15) is 9.59 Å². The van der Waals surface area contributed by atoms with Crippen LogP contribution in [0, 0.1) is 0 Å². The second kappa shape index (κ2) is 5.58. The predicted molar refractivity (Wildman–Crippen MR) is 87.2 cm³/mol. The molecule has 0 atom stereocenters. The van der Waals surface area contributed by atoms with Gasteiger partial charge in [-0.05, 0) is 40.2 Å². The van der Waals surface area contributed by atoms with Crippen LogP contribution in [-0.2, 0) is 0 Å². The summed E-state index contributed by atoms with van der Waals surface area (Å²) in [6, 6.07) is 6.53. The van der Waals surface area contributed by atoms with E-state index in [0.29, 0.717) is 26.2 Å². The molecule has 0 bridgehead atoms. The molecule has 6 nitrogen and oxygen atoms in total. The number of aromatic amines is 1. The van der Waals surface area contributed by atoms with E-state index in [0.717, 1.165) is 0 Å². The minimum atomic E-state index is -0.753. The van der Waals surface area contributed by atoms with Crippen LogP contribution in [0.4, 0.5) is 0 Å². The molecule has 0 saturated carbocycles. The van der Waals surface area contributed by atoms with Gasteiger partial charge in [-0.2, -0.15) is 0 Å². The molecule has 0 unspecified atom stereocenters. The number of halogens is 2. The molecule has 0 aliphatic heterocycles. The molecule has 8 heteroatoms. The van der Waals surface area contributed by atoms with Crippen molar-refractivity contribution >= 4 is 38.6 Å².